The number of hydrazone groups is 1. The average molecular weight is 484 g/mol. The van der Waals surface area contributed by atoms with Gasteiger partial charge in [-0.2, -0.15) is 5.10 Å². The molecule has 3 heterocycles. The van der Waals surface area contributed by atoms with E-state index in [4.69, 9.17) is 15.2 Å². The fraction of sp³-hybridized carbons (Fsp3) is 0.560. The topological polar surface area (TPSA) is 100 Å². The lowest BCUT2D eigenvalue weighted by Gasteiger charge is -2.38. The number of amidine groups is 1. The van der Waals surface area contributed by atoms with Gasteiger partial charge in [-0.05, 0) is 44.9 Å². The predicted molar refractivity (Wildman–Crippen MR) is 134 cm³/mol. The van der Waals surface area contributed by atoms with Gasteiger partial charge in [0.05, 0.1) is 24.1 Å². The normalized spacial score (nSPS) is 31.1. The molecule has 35 heavy (non-hydrogen) atoms. The van der Waals surface area contributed by atoms with E-state index in [0.29, 0.717) is 5.76 Å². The van der Waals surface area contributed by atoms with Crippen LogP contribution in [0.25, 0.3) is 0 Å². The van der Waals surface area contributed by atoms with Gasteiger partial charge in [0.2, 0.25) is 0 Å². The molecule has 5 aliphatic rings. The van der Waals surface area contributed by atoms with E-state index in [1.54, 1.807) is 14.0 Å². The summed E-state index contributed by atoms with van der Waals surface area (Å²) in [4.78, 5) is 13.5. The van der Waals surface area contributed by atoms with Crippen LogP contribution in [0.1, 0.15) is 33.1 Å². The Balaban J connectivity index is 1.22. The maximum absolute atomic E-state index is 14.7. The van der Waals surface area contributed by atoms with Crippen molar-refractivity contribution in [3.8, 4) is 0 Å². The number of hydrogen-bond donors (Lipinski definition) is 2. The molecule has 3 atom stereocenters. The number of allylic oxidation sites excluding steroid dienone is 5. The summed E-state index contributed by atoms with van der Waals surface area (Å²) < 4.78 is 26.0. The Morgan fingerprint density at radius 1 is 1.31 bits per heavy atom. The molecule has 188 valence electrons. The zero-order valence-electron chi connectivity index (χ0n) is 20.6. The van der Waals surface area contributed by atoms with E-state index in [0.717, 1.165) is 68.5 Å². The van der Waals surface area contributed by atoms with E-state index in [2.05, 4.69) is 36.4 Å². The SMILES string of the molecule is COC1C=CN=C(N2CCN(/C(=C/C3C4=NN/C(=C/C(F)=C(\C)OC5(C)CC5)C43)N=CN)CC2)C1. The van der Waals surface area contributed by atoms with Gasteiger partial charge in [-0.3, -0.25) is 5.43 Å². The maximum atomic E-state index is 14.7. The largest absolute Gasteiger partial charge is 0.489 e. The second-order valence-corrected chi connectivity index (χ2v) is 9.85. The molecular weight excluding hydrogens is 449 g/mol. The molecule has 2 saturated carbocycles. The first-order valence-corrected chi connectivity index (χ1v) is 12.2. The number of fused-ring (bicyclic) bond motifs is 1. The summed E-state index contributed by atoms with van der Waals surface area (Å²) in [5, 5.41) is 4.40. The molecular formula is C25H34FN7O2. The second-order valence-electron chi connectivity index (χ2n) is 9.85. The summed E-state index contributed by atoms with van der Waals surface area (Å²) in [6.45, 7) is 6.98. The van der Waals surface area contributed by atoms with Gasteiger partial charge in [0.25, 0.3) is 0 Å². The molecule has 0 aromatic rings. The first kappa shape index (κ1) is 23.6. The van der Waals surface area contributed by atoms with Gasteiger partial charge in [-0.15, -0.1) is 0 Å². The van der Waals surface area contributed by atoms with E-state index < -0.39 is 0 Å². The van der Waals surface area contributed by atoms with E-state index in [1.807, 2.05) is 19.2 Å². The first-order chi connectivity index (χ1) is 16.9. The van der Waals surface area contributed by atoms with Crippen LogP contribution >= 0.6 is 0 Å². The standard InChI is InChI=1S/C25H34FN7O2/c1-16(35-25(2)5-6-25)19(26)14-20-23-18(24(23)31-30-20)13-22(29-15-27)33-10-8-32(9-11-33)21-12-17(34-3)4-7-28-21/h4,7,13-15,17-18,23,30H,5-6,8-12H2,1-3H3,(H2,27,29)/b19-16-,20-14+,22-13+. The molecule has 3 aliphatic heterocycles. The molecule has 0 bridgehead atoms. The van der Waals surface area contributed by atoms with Crippen LogP contribution in [-0.4, -0.2) is 72.7 Å². The van der Waals surface area contributed by atoms with E-state index >= 15 is 0 Å². The molecule has 5 rings (SSSR count). The van der Waals surface area contributed by atoms with Gasteiger partial charge >= 0.3 is 0 Å². The van der Waals surface area contributed by atoms with Gasteiger partial charge in [0.1, 0.15) is 23.0 Å². The molecule has 0 aromatic carbocycles. The van der Waals surface area contributed by atoms with Crippen molar-refractivity contribution >= 4 is 17.9 Å². The van der Waals surface area contributed by atoms with Gasteiger partial charge in [-0.25, -0.2) is 14.4 Å². The van der Waals surface area contributed by atoms with E-state index in [-0.39, 0.29) is 29.4 Å². The van der Waals surface area contributed by atoms with Crippen molar-refractivity contribution in [1.29, 1.82) is 0 Å². The number of nitrogens with one attached hydrogen (secondary N) is 1. The molecule has 3 unspecified atom stereocenters. The predicted octanol–water partition coefficient (Wildman–Crippen LogP) is 2.62. The zero-order chi connectivity index (χ0) is 24.6. The minimum atomic E-state index is -0.362. The maximum Gasteiger partial charge on any atom is 0.162 e. The third kappa shape index (κ3) is 5.12. The molecule has 1 saturated heterocycles. The Hall–Kier alpha value is -3.14. The number of aliphatic imine (C=N–C) groups is 2. The zero-order valence-corrected chi connectivity index (χ0v) is 20.6. The number of rotatable bonds is 7. The van der Waals surface area contributed by atoms with Crippen LogP contribution in [-0.2, 0) is 9.47 Å². The van der Waals surface area contributed by atoms with Crippen LogP contribution in [0.3, 0.4) is 0 Å². The highest BCUT2D eigenvalue weighted by atomic mass is 19.1. The van der Waals surface area contributed by atoms with Crippen LogP contribution in [0.4, 0.5) is 4.39 Å². The summed E-state index contributed by atoms with van der Waals surface area (Å²) in [5.41, 5.74) is 10.2. The Morgan fingerprint density at radius 2 is 2.09 bits per heavy atom. The molecule has 10 heteroatoms. The monoisotopic (exact) mass is 483 g/mol. The van der Waals surface area contributed by atoms with Crippen molar-refractivity contribution in [1.82, 2.24) is 15.2 Å². The number of halogens is 1. The fourth-order valence-electron chi connectivity index (χ4n) is 4.76. The van der Waals surface area contributed by atoms with Crippen LogP contribution in [0.15, 0.2) is 62.6 Å². The number of piperazine rings is 1. The van der Waals surface area contributed by atoms with Crippen LogP contribution in [0, 0.1) is 11.8 Å². The lowest BCUT2D eigenvalue weighted by molar-refractivity contribution is 0.106. The van der Waals surface area contributed by atoms with Crippen molar-refractivity contribution < 1.29 is 13.9 Å². The molecule has 3 fully saturated rings. The second kappa shape index (κ2) is 9.49. The third-order valence-corrected chi connectivity index (χ3v) is 7.25. The number of hydrogen-bond acceptors (Lipinski definition) is 8. The molecule has 9 nitrogen and oxygen atoms in total. The smallest absolute Gasteiger partial charge is 0.162 e. The van der Waals surface area contributed by atoms with Gasteiger partial charge in [0.15, 0.2) is 5.83 Å². The molecule has 0 spiro atoms. The highest BCUT2D eigenvalue weighted by Crippen LogP contribution is 2.46. The highest BCUT2D eigenvalue weighted by Gasteiger charge is 2.52. The quantitative estimate of drug-likeness (QED) is 0.328. The molecule has 2 aliphatic carbocycles. The third-order valence-electron chi connectivity index (χ3n) is 7.25. The van der Waals surface area contributed by atoms with Gasteiger partial charge in [0, 0.05) is 57.5 Å². The minimum absolute atomic E-state index is 0.0451. The Labute approximate surface area is 205 Å². The summed E-state index contributed by atoms with van der Waals surface area (Å²) in [7, 11) is 1.72. The van der Waals surface area contributed by atoms with Crippen molar-refractivity contribution in [3.05, 3.63) is 47.5 Å². The van der Waals surface area contributed by atoms with Crippen LogP contribution in [0.2, 0.25) is 0 Å². The number of ether oxygens (including phenoxy) is 2. The van der Waals surface area contributed by atoms with Crippen molar-refractivity contribution in [2.75, 3.05) is 33.3 Å². The van der Waals surface area contributed by atoms with Crippen LogP contribution in [0.5, 0.6) is 0 Å². The summed E-state index contributed by atoms with van der Waals surface area (Å²) in [6.07, 6.45) is 11.5. The summed E-state index contributed by atoms with van der Waals surface area (Å²) in [6, 6.07) is 0. The summed E-state index contributed by atoms with van der Waals surface area (Å²) >= 11 is 0. The Morgan fingerprint density at radius 3 is 2.77 bits per heavy atom. The molecule has 0 amide bonds. The summed E-state index contributed by atoms with van der Waals surface area (Å²) in [5.74, 6) is 1.98. The average Bonchev–Trinajstić information content (AvgIpc) is 3.73. The van der Waals surface area contributed by atoms with Gasteiger partial charge < -0.3 is 25.0 Å². The lowest BCUT2D eigenvalue weighted by Crippen LogP contribution is -2.49. The van der Waals surface area contributed by atoms with Crippen molar-refractivity contribution in [2.24, 2.45) is 32.7 Å². The highest BCUT2D eigenvalue weighted by molar-refractivity contribution is 6.09. The molecule has 0 radical (unpaired) electrons. The van der Waals surface area contributed by atoms with E-state index in [1.165, 1.54) is 12.4 Å². The lowest BCUT2D eigenvalue weighted by atomic mass is 10.1. The Bertz CT molecular complexity index is 1060. The molecule has 3 N–H and O–H groups in total. The van der Waals surface area contributed by atoms with E-state index in [9.17, 15) is 4.39 Å². The van der Waals surface area contributed by atoms with Crippen LogP contribution < -0.4 is 11.2 Å². The molecule has 0 aromatic heterocycles. The first-order valence-electron chi connectivity index (χ1n) is 12.2. The number of nitrogens with zero attached hydrogens (tertiary/aromatic N) is 5. The minimum Gasteiger partial charge on any atom is -0.489 e. The number of nitrogens with two attached hydrogens (primary N) is 1. The Kier molecular flexibility index (Phi) is 6.39. The number of methoxy groups -OCH3 is 1. The van der Waals surface area contributed by atoms with Crippen molar-refractivity contribution in [2.45, 2.75) is 44.8 Å². The van der Waals surface area contributed by atoms with Crippen molar-refractivity contribution in [3.63, 3.8) is 0 Å². The van der Waals surface area contributed by atoms with Gasteiger partial charge in [-0.1, -0.05) is 0 Å². The fourth-order valence-corrected chi connectivity index (χ4v) is 4.76.